The minimum Gasteiger partial charge on any atom is -0.366 e. The van der Waals surface area contributed by atoms with Gasteiger partial charge in [-0.1, -0.05) is 6.42 Å². The number of hydrogen-bond acceptors (Lipinski definition) is 3. The fraction of sp³-hybridized carbons (Fsp3) is 0.429. The van der Waals surface area contributed by atoms with Crippen LogP contribution in [0.4, 0.5) is 4.39 Å². The van der Waals surface area contributed by atoms with Crippen LogP contribution in [-0.2, 0) is 0 Å². The van der Waals surface area contributed by atoms with Crippen LogP contribution in [0.5, 0.6) is 0 Å². The lowest BCUT2D eigenvalue weighted by Crippen LogP contribution is -2.29. The van der Waals surface area contributed by atoms with Gasteiger partial charge in [-0.05, 0) is 37.1 Å². The van der Waals surface area contributed by atoms with Gasteiger partial charge < -0.3 is 5.32 Å². The van der Waals surface area contributed by atoms with E-state index in [4.69, 9.17) is 0 Å². The zero-order valence-corrected chi connectivity index (χ0v) is 10.3. The van der Waals surface area contributed by atoms with Gasteiger partial charge in [-0.25, -0.2) is 4.39 Å². The van der Waals surface area contributed by atoms with E-state index < -0.39 is 0 Å². The van der Waals surface area contributed by atoms with Gasteiger partial charge in [0.1, 0.15) is 5.82 Å². The highest BCUT2D eigenvalue weighted by Gasteiger charge is 2.08. The zero-order chi connectivity index (χ0) is 12.8. The van der Waals surface area contributed by atoms with Gasteiger partial charge in [0.05, 0.1) is 12.4 Å². The van der Waals surface area contributed by atoms with Crippen molar-refractivity contribution in [1.82, 2.24) is 5.32 Å². The molecule has 96 valence electrons. The molecule has 1 aromatic carbocycles. The summed E-state index contributed by atoms with van der Waals surface area (Å²) < 4.78 is 12.7. The van der Waals surface area contributed by atoms with Gasteiger partial charge in [0.15, 0.2) is 5.78 Å². The molecule has 0 amide bonds. The summed E-state index contributed by atoms with van der Waals surface area (Å²) in [5.74, 6) is 0.553. The fourth-order valence-corrected chi connectivity index (χ4v) is 1.94. The first-order valence-electron chi connectivity index (χ1n) is 6.31. The van der Waals surface area contributed by atoms with Gasteiger partial charge in [-0.2, -0.15) is 0 Å². The average molecular weight is 248 g/mol. The molecule has 0 bridgehead atoms. The van der Waals surface area contributed by atoms with E-state index >= 15 is 0 Å². The number of carbonyl (C=O) groups is 1. The van der Waals surface area contributed by atoms with Gasteiger partial charge in [-0.15, -0.1) is 0 Å². The van der Waals surface area contributed by atoms with Gasteiger partial charge in [0.25, 0.3) is 0 Å². The fourth-order valence-electron chi connectivity index (χ4n) is 1.94. The summed E-state index contributed by atoms with van der Waals surface area (Å²) in [6, 6.07) is 5.62. The molecule has 0 fully saturated rings. The molecule has 1 aliphatic heterocycles. The molecule has 0 saturated heterocycles. The monoisotopic (exact) mass is 248 g/mol. The molecule has 4 heteroatoms. The number of benzene rings is 1. The number of Topliss-reactive ketones (excluding diaryl/α,β-unsaturated/α-hetero) is 1. The summed E-state index contributed by atoms with van der Waals surface area (Å²) >= 11 is 0. The number of aliphatic imine (C=N–C) groups is 1. The Morgan fingerprint density at radius 3 is 2.78 bits per heavy atom. The predicted molar refractivity (Wildman–Crippen MR) is 69.5 cm³/mol. The van der Waals surface area contributed by atoms with E-state index in [1.165, 1.54) is 30.7 Å². The van der Waals surface area contributed by atoms with Crippen molar-refractivity contribution < 1.29 is 9.18 Å². The number of ketones is 1. The topological polar surface area (TPSA) is 41.5 Å². The third-order valence-electron chi connectivity index (χ3n) is 2.99. The van der Waals surface area contributed by atoms with E-state index in [-0.39, 0.29) is 18.1 Å². The molecule has 1 aromatic rings. The lowest BCUT2D eigenvalue weighted by atomic mass is 10.1. The van der Waals surface area contributed by atoms with Crippen LogP contribution in [0.1, 0.15) is 36.0 Å². The highest BCUT2D eigenvalue weighted by molar-refractivity contribution is 5.99. The third kappa shape index (κ3) is 3.65. The molecule has 1 heterocycles. The predicted octanol–water partition coefficient (Wildman–Crippen LogP) is 2.57. The maximum absolute atomic E-state index is 12.7. The largest absolute Gasteiger partial charge is 0.366 e. The standard InChI is InChI=1S/C14H17FN2O/c15-12-7-5-11(6-8-12)13(18)10-17-14-4-2-1-3-9-16-14/h5-8H,1-4,9-10H2,(H,16,17). The lowest BCUT2D eigenvalue weighted by molar-refractivity contribution is 0.0996. The maximum atomic E-state index is 12.7. The summed E-state index contributed by atoms with van der Waals surface area (Å²) in [7, 11) is 0. The summed E-state index contributed by atoms with van der Waals surface area (Å²) in [5.41, 5.74) is 0.526. The smallest absolute Gasteiger partial charge is 0.181 e. The molecule has 0 atom stereocenters. The van der Waals surface area contributed by atoms with Crippen LogP contribution >= 0.6 is 0 Å². The van der Waals surface area contributed by atoms with Gasteiger partial charge >= 0.3 is 0 Å². The Morgan fingerprint density at radius 2 is 2.00 bits per heavy atom. The van der Waals surface area contributed by atoms with E-state index in [1.54, 1.807) is 0 Å². The molecule has 18 heavy (non-hydrogen) atoms. The minimum absolute atomic E-state index is 0.0399. The second-order valence-electron chi connectivity index (χ2n) is 4.42. The number of nitrogens with zero attached hydrogens (tertiary/aromatic N) is 1. The van der Waals surface area contributed by atoms with Crippen molar-refractivity contribution in [3.8, 4) is 0 Å². The van der Waals surface area contributed by atoms with Crippen LogP contribution in [-0.4, -0.2) is 24.7 Å². The van der Waals surface area contributed by atoms with Crippen LogP contribution in [0.2, 0.25) is 0 Å². The Bertz CT molecular complexity index is 440. The highest BCUT2D eigenvalue weighted by Crippen LogP contribution is 2.07. The first-order chi connectivity index (χ1) is 8.75. The maximum Gasteiger partial charge on any atom is 0.181 e. The molecule has 1 aliphatic rings. The number of nitrogens with one attached hydrogen (secondary N) is 1. The highest BCUT2D eigenvalue weighted by atomic mass is 19.1. The van der Waals surface area contributed by atoms with Crippen LogP contribution in [0.25, 0.3) is 0 Å². The number of amidine groups is 1. The summed E-state index contributed by atoms with van der Waals surface area (Å²) in [5, 5.41) is 3.08. The summed E-state index contributed by atoms with van der Waals surface area (Å²) in [6.07, 6.45) is 4.35. The van der Waals surface area contributed by atoms with Crippen molar-refractivity contribution in [3.63, 3.8) is 0 Å². The SMILES string of the molecule is O=C(CNC1=NCCCCC1)c1ccc(F)cc1. The van der Waals surface area contributed by atoms with E-state index in [1.807, 2.05) is 0 Å². The van der Waals surface area contributed by atoms with E-state index in [9.17, 15) is 9.18 Å². The molecular weight excluding hydrogens is 231 g/mol. The van der Waals surface area contributed by atoms with E-state index in [2.05, 4.69) is 10.3 Å². The summed E-state index contributed by atoms with van der Waals surface area (Å²) in [6.45, 7) is 1.07. The molecule has 0 saturated carbocycles. The number of rotatable bonds is 3. The Morgan fingerprint density at radius 1 is 1.22 bits per heavy atom. The van der Waals surface area contributed by atoms with Crippen molar-refractivity contribution in [2.24, 2.45) is 4.99 Å². The van der Waals surface area contributed by atoms with Gasteiger partial charge in [-0.3, -0.25) is 9.79 Å². The molecule has 0 radical (unpaired) electrons. The lowest BCUT2D eigenvalue weighted by Gasteiger charge is -2.07. The van der Waals surface area contributed by atoms with Crippen LogP contribution < -0.4 is 5.32 Å². The normalized spacial score (nSPS) is 15.7. The molecule has 2 rings (SSSR count). The zero-order valence-electron chi connectivity index (χ0n) is 10.3. The quantitative estimate of drug-likeness (QED) is 0.835. The van der Waals surface area contributed by atoms with Crippen LogP contribution in [0, 0.1) is 5.82 Å². The molecule has 3 nitrogen and oxygen atoms in total. The van der Waals surface area contributed by atoms with Crippen molar-refractivity contribution >= 4 is 11.6 Å². The minimum atomic E-state index is -0.326. The molecule has 0 spiro atoms. The van der Waals surface area contributed by atoms with Crippen LogP contribution in [0.3, 0.4) is 0 Å². The molecular formula is C14H17FN2O. The Kier molecular flexibility index (Phi) is 4.45. The Hall–Kier alpha value is -1.71. The first kappa shape index (κ1) is 12.7. The third-order valence-corrected chi connectivity index (χ3v) is 2.99. The van der Waals surface area contributed by atoms with Gasteiger partial charge in [0, 0.05) is 18.5 Å². The second-order valence-corrected chi connectivity index (χ2v) is 4.42. The first-order valence-corrected chi connectivity index (χ1v) is 6.31. The summed E-state index contributed by atoms with van der Waals surface area (Å²) in [4.78, 5) is 16.2. The number of halogens is 1. The Labute approximate surface area is 106 Å². The second kappa shape index (κ2) is 6.28. The molecule has 0 unspecified atom stereocenters. The molecule has 0 aliphatic carbocycles. The Balaban J connectivity index is 1.87. The van der Waals surface area contributed by atoms with Crippen molar-refractivity contribution in [2.45, 2.75) is 25.7 Å². The van der Waals surface area contributed by atoms with Crippen LogP contribution in [0.15, 0.2) is 29.3 Å². The molecule has 1 N–H and O–H groups in total. The molecule has 0 aromatic heterocycles. The van der Waals surface area contributed by atoms with Crippen molar-refractivity contribution in [3.05, 3.63) is 35.6 Å². The average Bonchev–Trinajstić information content (AvgIpc) is 2.65. The van der Waals surface area contributed by atoms with Crippen molar-refractivity contribution in [1.29, 1.82) is 0 Å². The number of hydrogen-bond donors (Lipinski definition) is 1. The van der Waals surface area contributed by atoms with Gasteiger partial charge in [0.2, 0.25) is 0 Å². The van der Waals surface area contributed by atoms with E-state index in [0.717, 1.165) is 31.6 Å². The van der Waals surface area contributed by atoms with E-state index in [0.29, 0.717) is 5.56 Å². The van der Waals surface area contributed by atoms with Crippen molar-refractivity contribution in [2.75, 3.05) is 13.1 Å². The number of carbonyl (C=O) groups excluding carboxylic acids is 1.